The smallest absolute Gasteiger partial charge is 0.261 e. The molecule has 0 atom stereocenters. The Kier molecular flexibility index (Phi) is 3.73. The van der Waals surface area contributed by atoms with E-state index < -0.39 is 18.6 Å². The van der Waals surface area contributed by atoms with Gasteiger partial charge in [0.15, 0.2) is 0 Å². The minimum atomic E-state index is -2.46. The van der Waals surface area contributed by atoms with Crippen LogP contribution < -0.4 is 5.32 Å². The molecule has 1 amide bonds. The molecular weight excluding hydrogens is 206 g/mol. The fraction of sp³-hybridized carbons (Fsp3) is 0.778. The summed E-state index contributed by atoms with van der Waals surface area (Å²) in [6.07, 6.45) is -2.11. The zero-order chi connectivity index (χ0) is 11.5. The molecule has 0 aromatic heterocycles. The maximum atomic E-state index is 11.7. The predicted octanol–water partition coefficient (Wildman–Crippen LogP) is 0.965. The second kappa shape index (κ2) is 4.65. The summed E-state index contributed by atoms with van der Waals surface area (Å²) in [6.45, 7) is 2.94. The molecule has 1 aliphatic rings. The van der Waals surface area contributed by atoms with Gasteiger partial charge in [-0.15, -0.1) is 0 Å². The second-order valence-corrected chi connectivity index (χ2v) is 3.79. The normalized spacial score (nSPS) is 19.3. The molecule has 15 heavy (non-hydrogen) atoms. The third-order valence-electron chi connectivity index (χ3n) is 1.95. The van der Waals surface area contributed by atoms with Gasteiger partial charge in [-0.2, -0.15) is 0 Å². The molecule has 0 saturated heterocycles. The summed E-state index contributed by atoms with van der Waals surface area (Å²) in [4.78, 5) is 15.4. The molecule has 4 nitrogen and oxygen atoms in total. The molecule has 0 unspecified atom stereocenters. The average Bonchev–Trinajstić information content (AvgIpc) is 2.35. The van der Waals surface area contributed by atoms with Gasteiger partial charge in [-0.3, -0.25) is 9.79 Å². The number of hydrogen-bond acceptors (Lipinski definition) is 3. The molecular formula is C9H14F2N2O2. The molecule has 86 valence electrons. The van der Waals surface area contributed by atoms with E-state index in [0.717, 1.165) is 0 Å². The minimum absolute atomic E-state index is 0.138. The molecule has 1 rings (SSSR count). The van der Waals surface area contributed by atoms with E-state index in [9.17, 15) is 13.6 Å². The fourth-order valence-corrected chi connectivity index (χ4v) is 1.16. The van der Waals surface area contributed by atoms with Crippen molar-refractivity contribution in [2.45, 2.75) is 32.2 Å². The number of hydrogen-bond donors (Lipinski definition) is 1. The van der Waals surface area contributed by atoms with Gasteiger partial charge >= 0.3 is 0 Å². The molecule has 0 aromatic carbocycles. The van der Waals surface area contributed by atoms with Crippen LogP contribution in [0.15, 0.2) is 4.99 Å². The van der Waals surface area contributed by atoms with Crippen LogP contribution in [-0.4, -0.2) is 36.9 Å². The molecule has 0 aliphatic carbocycles. The Morgan fingerprint density at radius 3 is 2.67 bits per heavy atom. The molecule has 1 N–H and O–H groups in total. The minimum Gasteiger partial charge on any atom is -0.375 e. The number of rotatable bonds is 5. The van der Waals surface area contributed by atoms with E-state index in [0.29, 0.717) is 12.3 Å². The van der Waals surface area contributed by atoms with E-state index in [4.69, 9.17) is 0 Å². The van der Waals surface area contributed by atoms with E-state index in [1.165, 1.54) is 0 Å². The Morgan fingerprint density at radius 2 is 2.20 bits per heavy atom. The Balaban J connectivity index is 2.27. The van der Waals surface area contributed by atoms with Crippen molar-refractivity contribution >= 4 is 11.7 Å². The van der Waals surface area contributed by atoms with Crippen LogP contribution >= 0.6 is 0 Å². The zero-order valence-corrected chi connectivity index (χ0v) is 8.72. The number of halogens is 2. The lowest BCUT2D eigenvalue weighted by Crippen LogP contribution is -2.34. The van der Waals surface area contributed by atoms with Crippen LogP contribution in [0.2, 0.25) is 0 Å². The average molecular weight is 220 g/mol. The molecule has 6 heteroatoms. The highest BCUT2D eigenvalue weighted by molar-refractivity contribution is 6.07. The van der Waals surface area contributed by atoms with Crippen LogP contribution in [0.1, 0.15) is 20.3 Å². The summed E-state index contributed by atoms with van der Waals surface area (Å²) in [6, 6.07) is 0. The molecule has 1 heterocycles. The first-order valence-corrected chi connectivity index (χ1v) is 4.68. The standard InChI is InChI=1S/C9H14F2N2O2/c1-9(2)8(14)12-7(13-9)3-4-15-5-6(10)11/h6H,3-5H2,1-2H3,(H,12,13,14). The summed E-state index contributed by atoms with van der Waals surface area (Å²) in [5.41, 5.74) is -0.752. The van der Waals surface area contributed by atoms with Crippen LogP contribution in [0.4, 0.5) is 8.78 Å². The van der Waals surface area contributed by atoms with Crippen molar-refractivity contribution in [1.82, 2.24) is 5.32 Å². The number of alkyl halides is 2. The molecule has 0 spiro atoms. The highest BCUT2D eigenvalue weighted by Gasteiger charge is 2.33. The topological polar surface area (TPSA) is 50.7 Å². The van der Waals surface area contributed by atoms with Crippen LogP contribution in [-0.2, 0) is 9.53 Å². The number of aliphatic imine (C=N–C) groups is 1. The summed E-state index contributed by atoms with van der Waals surface area (Å²) < 4.78 is 28.1. The number of amidine groups is 1. The lowest BCUT2D eigenvalue weighted by molar-refractivity contribution is -0.122. The number of ether oxygens (including phenoxy) is 1. The highest BCUT2D eigenvalue weighted by Crippen LogP contribution is 2.15. The van der Waals surface area contributed by atoms with Crippen LogP contribution in [0.5, 0.6) is 0 Å². The van der Waals surface area contributed by atoms with Gasteiger partial charge in [0, 0.05) is 6.42 Å². The van der Waals surface area contributed by atoms with Crippen molar-refractivity contribution in [2.75, 3.05) is 13.2 Å². The Morgan fingerprint density at radius 1 is 1.53 bits per heavy atom. The lowest BCUT2D eigenvalue weighted by Gasteiger charge is -2.07. The second-order valence-electron chi connectivity index (χ2n) is 3.79. The van der Waals surface area contributed by atoms with Crippen molar-refractivity contribution in [2.24, 2.45) is 4.99 Å². The molecule has 0 radical (unpaired) electrons. The predicted molar refractivity (Wildman–Crippen MR) is 51.1 cm³/mol. The largest absolute Gasteiger partial charge is 0.375 e. The number of nitrogens with zero attached hydrogens (tertiary/aromatic N) is 1. The van der Waals surface area contributed by atoms with Crippen molar-refractivity contribution < 1.29 is 18.3 Å². The number of nitrogens with one attached hydrogen (secondary N) is 1. The summed E-state index contributed by atoms with van der Waals surface area (Å²) in [7, 11) is 0. The number of carbonyl (C=O) groups excluding carboxylic acids is 1. The zero-order valence-electron chi connectivity index (χ0n) is 8.72. The Hall–Kier alpha value is -1.04. The van der Waals surface area contributed by atoms with Gasteiger partial charge in [0.1, 0.15) is 18.0 Å². The third kappa shape index (κ3) is 3.54. The Bertz CT molecular complexity index is 277. The maximum Gasteiger partial charge on any atom is 0.261 e. The molecule has 1 aliphatic heterocycles. The SMILES string of the molecule is CC1(C)N=C(CCOCC(F)F)NC1=O. The molecule has 0 aromatic rings. The van der Waals surface area contributed by atoms with Crippen molar-refractivity contribution in [1.29, 1.82) is 0 Å². The summed E-state index contributed by atoms with van der Waals surface area (Å²) >= 11 is 0. The lowest BCUT2D eigenvalue weighted by atomic mass is 10.1. The van der Waals surface area contributed by atoms with Crippen molar-refractivity contribution in [3.8, 4) is 0 Å². The van der Waals surface area contributed by atoms with Gasteiger partial charge in [-0.1, -0.05) is 0 Å². The summed E-state index contributed by atoms with van der Waals surface area (Å²) in [5.74, 6) is 0.325. The number of carbonyl (C=O) groups is 1. The third-order valence-corrected chi connectivity index (χ3v) is 1.95. The van der Waals surface area contributed by atoms with Gasteiger partial charge in [-0.05, 0) is 13.8 Å². The monoisotopic (exact) mass is 220 g/mol. The fourth-order valence-electron chi connectivity index (χ4n) is 1.16. The van der Waals surface area contributed by atoms with Crippen LogP contribution in [0.3, 0.4) is 0 Å². The van der Waals surface area contributed by atoms with Gasteiger partial charge in [-0.25, -0.2) is 8.78 Å². The first-order chi connectivity index (χ1) is 6.92. The van der Waals surface area contributed by atoms with E-state index in [-0.39, 0.29) is 12.5 Å². The molecule has 0 bridgehead atoms. The quantitative estimate of drug-likeness (QED) is 0.702. The van der Waals surface area contributed by atoms with Crippen LogP contribution in [0, 0.1) is 0 Å². The first-order valence-electron chi connectivity index (χ1n) is 4.68. The van der Waals surface area contributed by atoms with Crippen LogP contribution in [0.25, 0.3) is 0 Å². The van der Waals surface area contributed by atoms with Crippen molar-refractivity contribution in [3.05, 3.63) is 0 Å². The van der Waals surface area contributed by atoms with E-state index >= 15 is 0 Å². The van der Waals surface area contributed by atoms with Crippen molar-refractivity contribution in [3.63, 3.8) is 0 Å². The van der Waals surface area contributed by atoms with E-state index in [1.807, 2.05) is 0 Å². The van der Waals surface area contributed by atoms with Gasteiger partial charge < -0.3 is 10.1 Å². The number of amides is 1. The van der Waals surface area contributed by atoms with Gasteiger partial charge in [0.25, 0.3) is 12.3 Å². The maximum absolute atomic E-state index is 11.7. The molecule has 0 fully saturated rings. The van der Waals surface area contributed by atoms with Gasteiger partial charge in [0.05, 0.1) is 6.61 Å². The Labute approximate surface area is 86.7 Å². The van der Waals surface area contributed by atoms with Gasteiger partial charge in [0.2, 0.25) is 0 Å². The highest BCUT2D eigenvalue weighted by atomic mass is 19.3. The molecule has 0 saturated carbocycles. The van der Waals surface area contributed by atoms with E-state index in [2.05, 4.69) is 15.0 Å². The first kappa shape index (κ1) is 12.0. The van der Waals surface area contributed by atoms with E-state index in [1.54, 1.807) is 13.8 Å². The summed E-state index contributed by atoms with van der Waals surface area (Å²) in [5, 5.41) is 2.58.